The fourth-order valence-electron chi connectivity index (χ4n) is 2.71. The van der Waals surface area contributed by atoms with Crippen molar-refractivity contribution in [3.63, 3.8) is 0 Å². The third-order valence-corrected chi connectivity index (χ3v) is 3.93. The van der Waals surface area contributed by atoms with Crippen molar-refractivity contribution < 1.29 is 4.74 Å². The zero-order valence-electron chi connectivity index (χ0n) is 13.0. The van der Waals surface area contributed by atoms with Gasteiger partial charge in [-0.05, 0) is 64.6 Å². The van der Waals surface area contributed by atoms with Crippen LogP contribution in [0.2, 0.25) is 0 Å². The summed E-state index contributed by atoms with van der Waals surface area (Å²) in [5.74, 6) is 1.50. The molecule has 0 bridgehead atoms. The van der Waals surface area contributed by atoms with E-state index in [0.717, 1.165) is 25.4 Å². The smallest absolute Gasteiger partial charge is 0.125 e. The molecule has 1 aliphatic rings. The number of likely N-dealkylation sites (tertiary alicyclic amines) is 1. The van der Waals surface area contributed by atoms with Crippen LogP contribution in [0.1, 0.15) is 50.4 Å². The van der Waals surface area contributed by atoms with Crippen molar-refractivity contribution in [2.75, 3.05) is 26.2 Å². The molecule has 0 aliphatic carbocycles. The molecule has 4 nitrogen and oxygen atoms in total. The molecule has 0 atom stereocenters. The second kappa shape index (κ2) is 7.70. The highest BCUT2D eigenvalue weighted by molar-refractivity contribution is 5.12. The lowest BCUT2D eigenvalue weighted by Gasteiger charge is -2.31. The molecular weight excluding hydrogens is 250 g/mol. The van der Waals surface area contributed by atoms with E-state index in [4.69, 9.17) is 4.74 Å². The van der Waals surface area contributed by atoms with Gasteiger partial charge >= 0.3 is 0 Å². The largest absolute Gasteiger partial charge is 0.379 e. The Bertz CT molecular complexity index is 383. The molecule has 0 unspecified atom stereocenters. The second-order valence-corrected chi connectivity index (χ2v) is 5.95. The lowest BCUT2D eigenvalue weighted by molar-refractivity contribution is 0.0684. The van der Waals surface area contributed by atoms with E-state index in [1.165, 1.54) is 31.5 Å². The lowest BCUT2D eigenvalue weighted by Crippen LogP contribution is -2.34. The van der Waals surface area contributed by atoms with E-state index in [1.807, 2.05) is 19.3 Å². The van der Waals surface area contributed by atoms with Crippen LogP contribution < -0.4 is 0 Å². The van der Waals surface area contributed by atoms with Gasteiger partial charge in [0.15, 0.2) is 0 Å². The first-order valence-electron chi connectivity index (χ1n) is 7.77. The molecule has 0 aromatic carbocycles. The molecule has 1 aromatic rings. The van der Waals surface area contributed by atoms with Gasteiger partial charge in [0.25, 0.3) is 0 Å². The molecular formula is C16H27N3O. The average molecular weight is 277 g/mol. The molecule has 0 spiro atoms. The van der Waals surface area contributed by atoms with Crippen LogP contribution in [0.3, 0.4) is 0 Å². The van der Waals surface area contributed by atoms with Crippen LogP contribution >= 0.6 is 0 Å². The first-order chi connectivity index (χ1) is 9.65. The van der Waals surface area contributed by atoms with Gasteiger partial charge in [-0.1, -0.05) is 0 Å². The Labute approximate surface area is 122 Å². The monoisotopic (exact) mass is 277 g/mol. The minimum atomic E-state index is 0.349. The molecule has 1 saturated heterocycles. The quantitative estimate of drug-likeness (QED) is 0.749. The van der Waals surface area contributed by atoms with Crippen molar-refractivity contribution in [2.45, 2.75) is 52.1 Å². The van der Waals surface area contributed by atoms with Crippen LogP contribution in [-0.2, 0) is 4.74 Å². The molecule has 112 valence electrons. The van der Waals surface area contributed by atoms with Gasteiger partial charge < -0.3 is 9.64 Å². The number of aryl methyl sites for hydroxylation is 1. The third kappa shape index (κ3) is 4.84. The average Bonchev–Trinajstić information content (AvgIpc) is 2.45. The van der Waals surface area contributed by atoms with Gasteiger partial charge in [-0.2, -0.15) is 0 Å². The second-order valence-electron chi connectivity index (χ2n) is 5.95. The maximum atomic E-state index is 5.59. The van der Waals surface area contributed by atoms with E-state index in [0.29, 0.717) is 12.0 Å². The zero-order chi connectivity index (χ0) is 14.4. The van der Waals surface area contributed by atoms with E-state index < -0.39 is 0 Å². The normalized spacial score (nSPS) is 17.8. The van der Waals surface area contributed by atoms with Crippen LogP contribution in [0.25, 0.3) is 0 Å². The topological polar surface area (TPSA) is 38.2 Å². The summed E-state index contributed by atoms with van der Waals surface area (Å²) >= 11 is 0. The maximum Gasteiger partial charge on any atom is 0.125 e. The summed E-state index contributed by atoms with van der Waals surface area (Å²) in [5, 5.41) is 0. The van der Waals surface area contributed by atoms with E-state index in [9.17, 15) is 0 Å². The summed E-state index contributed by atoms with van der Waals surface area (Å²) < 4.78 is 5.59. The Morgan fingerprint density at radius 3 is 2.50 bits per heavy atom. The van der Waals surface area contributed by atoms with Crippen LogP contribution in [0.4, 0.5) is 0 Å². The van der Waals surface area contributed by atoms with Crippen LogP contribution in [0, 0.1) is 6.92 Å². The number of nitrogens with zero attached hydrogens (tertiary/aromatic N) is 3. The number of hydrogen-bond acceptors (Lipinski definition) is 4. The molecule has 0 N–H and O–H groups in total. The molecule has 1 aromatic heterocycles. The minimum absolute atomic E-state index is 0.349. The molecule has 20 heavy (non-hydrogen) atoms. The number of aromatic nitrogens is 2. The Morgan fingerprint density at radius 2 is 1.90 bits per heavy atom. The predicted molar refractivity (Wildman–Crippen MR) is 80.9 cm³/mol. The summed E-state index contributed by atoms with van der Waals surface area (Å²) in [7, 11) is 0. The first kappa shape index (κ1) is 15.4. The highest BCUT2D eigenvalue weighted by Gasteiger charge is 2.20. The molecule has 1 fully saturated rings. The number of hydrogen-bond donors (Lipinski definition) is 0. The van der Waals surface area contributed by atoms with Crippen LogP contribution in [0.15, 0.2) is 12.4 Å². The predicted octanol–water partition coefficient (Wildman–Crippen LogP) is 2.78. The van der Waals surface area contributed by atoms with Crippen LogP contribution in [-0.4, -0.2) is 47.2 Å². The summed E-state index contributed by atoms with van der Waals surface area (Å²) in [6, 6.07) is 0. The van der Waals surface area contributed by atoms with Gasteiger partial charge in [0.1, 0.15) is 5.82 Å². The van der Waals surface area contributed by atoms with Crippen molar-refractivity contribution >= 4 is 0 Å². The summed E-state index contributed by atoms with van der Waals surface area (Å²) in [5.41, 5.74) is 1.30. The van der Waals surface area contributed by atoms with Crippen molar-refractivity contribution in [3.8, 4) is 0 Å². The Morgan fingerprint density at radius 1 is 1.25 bits per heavy atom. The summed E-state index contributed by atoms with van der Waals surface area (Å²) in [6.07, 6.45) is 7.92. The number of piperidine rings is 1. The third-order valence-electron chi connectivity index (χ3n) is 3.93. The molecule has 2 rings (SSSR count). The number of rotatable bonds is 6. The molecule has 1 aliphatic heterocycles. The van der Waals surface area contributed by atoms with Gasteiger partial charge in [-0.15, -0.1) is 0 Å². The van der Waals surface area contributed by atoms with Gasteiger partial charge in [0, 0.05) is 25.5 Å². The van der Waals surface area contributed by atoms with Gasteiger partial charge in [0.05, 0.1) is 6.10 Å². The van der Waals surface area contributed by atoms with Crippen LogP contribution in [0.5, 0.6) is 0 Å². The highest BCUT2D eigenvalue weighted by Crippen LogP contribution is 2.26. The Hall–Kier alpha value is -1.00. The lowest BCUT2D eigenvalue weighted by atomic mass is 9.91. The van der Waals surface area contributed by atoms with Crippen molar-refractivity contribution in [3.05, 3.63) is 23.8 Å². The fourth-order valence-corrected chi connectivity index (χ4v) is 2.71. The number of ether oxygens (including phenoxy) is 1. The SMILES string of the molecule is Cc1ncc(C2CCN(CCCOC(C)C)CC2)cn1. The summed E-state index contributed by atoms with van der Waals surface area (Å²) in [6.45, 7) is 10.5. The molecule has 4 heteroatoms. The molecule has 0 saturated carbocycles. The van der Waals surface area contributed by atoms with Gasteiger partial charge in [-0.3, -0.25) is 0 Å². The summed E-state index contributed by atoms with van der Waals surface area (Å²) in [4.78, 5) is 11.2. The van der Waals surface area contributed by atoms with E-state index in [1.54, 1.807) is 0 Å². The van der Waals surface area contributed by atoms with E-state index in [2.05, 4.69) is 28.7 Å². The highest BCUT2D eigenvalue weighted by atomic mass is 16.5. The standard InChI is InChI=1S/C16H27N3O/c1-13(2)20-10-4-7-19-8-5-15(6-9-19)16-11-17-14(3)18-12-16/h11-13,15H,4-10H2,1-3H3. The van der Waals surface area contributed by atoms with Gasteiger partial charge in [-0.25, -0.2) is 9.97 Å². The molecule has 0 radical (unpaired) electrons. The van der Waals surface area contributed by atoms with Crippen molar-refractivity contribution in [2.24, 2.45) is 0 Å². The first-order valence-corrected chi connectivity index (χ1v) is 7.77. The van der Waals surface area contributed by atoms with Crippen molar-refractivity contribution in [1.82, 2.24) is 14.9 Å². The van der Waals surface area contributed by atoms with E-state index in [-0.39, 0.29) is 0 Å². The van der Waals surface area contributed by atoms with E-state index >= 15 is 0 Å². The zero-order valence-corrected chi connectivity index (χ0v) is 13.0. The Kier molecular flexibility index (Phi) is 5.92. The Balaban J connectivity index is 1.68. The molecule has 2 heterocycles. The molecule has 0 amide bonds. The maximum absolute atomic E-state index is 5.59. The van der Waals surface area contributed by atoms with Crippen molar-refractivity contribution in [1.29, 1.82) is 0 Å². The fraction of sp³-hybridized carbons (Fsp3) is 0.750. The van der Waals surface area contributed by atoms with Gasteiger partial charge in [0.2, 0.25) is 0 Å². The minimum Gasteiger partial charge on any atom is -0.379 e.